The molecule has 0 aromatic carbocycles. The maximum Gasteiger partial charge on any atom is 0.255 e. The van der Waals surface area contributed by atoms with Gasteiger partial charge in [-0.3, -0.25) is 9.89 Å². The molecule has 2 rings (SSSR count). The monoisotopic (exact) mass is 278 g/mol. The van der Waals surface area contributed by atoms with Crippen molar-refractivity contribution in [1.29, 1.82) is 0 Å². The second-order valence-corrected chi connectivity index (χ2v) is 4.71. The van der Waals surface area contributed by atoms with Crippen LogP contribution in [0.3, 0.4) is 0 Å². The molecule has 0 bridgehead atoms. The van der Waals surface area contributed by atoms with E-state index in [2.05, 4.69) is 30.5 Å². The second-order valence-electron chi connectivity index (χ2n) is 3.93. The Morgan fingerprint density at radius 2 is 2.11 bits per heavy atom. The second kappa shape index (κ2) is 5.79. The van der Waals surface area contributed by atoms with Crippen molar-refractivity contribution < 1.29 is 4.79 Å². The summed E-state index contributed by atoms with van der Waals surface area (Å²) in [6.07, 6.45) is 4.89. The van der Waals surface area contributed by atoms with Crippen LogP contribution in [0, 0.1) is 6.92 Å². The number of carbonyl (C=O) groups is 1. The minimum atomic E-state index is -0.280. The number of amides is 1. The van der Waals surface area contributed by atoms with Gasteiger partial charge in [-0.25, -0.2) is 15.0 Å². The standard InChI is InChI=1S/C11H14N6OS/c1-6(9-15-7(2)16-17-9)14-10(18)8-4-12-11(19-3)13-5-8/h4-6H,1-3H3,(H,14,18)(H,15,16,17)/t6-/m1/s1. The van der Waals surface area contributed by atoms with Crippen LogP contribution in [-0.4, -0.2) is 37.3 Å². The van der Waals surface area contributed by atoms with E-state index in [4.69, 9.17) is 0 Å². The van der Waals surface area contributed by atoms with Gasteiger partial charge in [-0.2, -0.15) is 5.10 Å². The molecule has 2 aromatic heterocycles. The van der Waals surface area contributed by atoms with Crippen molar-refractivity contribution in [2.75, 3.05) is 6.26 Å². The van der Waals surface area contributed by atoms with Crippen LogP contribution in [0.1, 0.15) is 35.0 Å². The molecule has 8 heteroatoms. The lowest BCUT2D eigenvalue weighted by molar-refractivity contribution is 0.0937. The van der Waals surface area contributed by atoms with Crippen molar-refractivity contribution in [3.8, 4) is 0 Å². The fourth-order valence-electron chi connectivity index (χ4n) is 1.44. The molecule has 0 saturated heterocycles. The highest BCUT2D eigenvalue weighted by Crippen LogP contribution is 2.09. The van der Waals surface area contributed by atoms with Gasteiger partial charge in [0.25, 0.3) is 5.91 Å². The summed E-state index contributed by atoms with van der Waals surface area (Å²) >= 11 is 1.42. The van der Waals surface area contributed by atoms with E-state index in [-0.39, 0.29) is 11.9 Å². The lowest BCUT2D eigenvalue weighted by atomic mass is 10.2. The van der Waals surface area contributed by atoms with Gasteiger partial charge < -0.3 is 5.32 Å². The summed E-state index contributed by atoms with van der Waals surface area (Å²) in [5.41, 5.74) is 0.414. The van der Waals surface area contributed by atoms with Gasteiger partial charge >= 0.3 is 0 Å². The molecule has 0 aliphatic carbocycles. The van der Waals surface area contributed by atoms with Crippen LogP contribution in [0.25, 0.3) is 0 Å². The molecule has 7 nitrogen and oxygen atoms in total. The molecular weight excluding hydrogens is 264 g/mol. The van der Waals surface area contributed by atoms with Crippen molar-refractivity contribution >= 4 is 17.7 Å². The molecule has 19 heavy (non-hydrogen) atoms. The molecule has 1 amide bonds. The Balaban J connectivity index is 2.03. The van der Waals surface area contributed by atoms with E-state index in [9.17, 15) is 4.79 Å². The number of hydrogen-bond donors (Lipinski definition) is 2. The molecule has 0 unspecified atom stereocenters. The summed E-state index contributed by atoms with van der Waals surface area (Å²) in [5.74, 6) is 1.01. The van der Waals surface area contributed by atoms with Gasteiger partial charge in [0.2, 0.25) is 0 Å². The largest absolute Gasteiger partial charge is 0.342 e. The summed E-state index contributed by atoms with van der Waals surface area (Å²) in [6.45, 7) is 3.62. The minimum absolute atomic E-state index is 0.248. The quantitative estimate of drug-likeness (QED) is 0.642. The summed E-state index contributed by atoms with van der Waals surface area (Å²) < 4.78 is 0. The maximum absolute atomic E-state index is 12.0. The fourth-order valence-corrected chi connectivity index (χ4v) is 1.75. The Kier molecular flexibility index (Phi) is 4.10. The van der Waals surface area contributed by atoms with E-state index in [1.54, 1.807) is 6.92 Å². The lowest BCUT2D eigenvalue weighted by Gasteiger charge is -2.10. The predicted molar refractivity (Wildman–Crippen MR) is 70.8 cm³/mol. The lowest BCUT2D eigenvalue weighted by Crippen LogP contribution is -2.27. The van der Waals surface area contributed by atoms with Crippen molar-refractivity contribution in [2.24, 2.45) is 0 Å². The van der Waals surface area contributed by atoms with E-state index in [1.165, 1.54) is 24.2 Å². The molecule has 1 atom stereocenters. The molecule has 0 radical (unpaired) electrons. The zero-order chi connectivity index (χ0) is 13.8. The normalized spacial score (nSPS) is 12.2. The number of aryl methyl sites for hydroxylation is 1. The number of carbonyl (C=O) groups excluding carboxylic acids is 1. The third kappa shape index (κ3) is 3.28. The summed E-state index contributed by atoms with van der Waals surface area (Å²) in [7, 11) is 0. The average molecular weight is 278 g/mol. The SMILES string of the molecule is CSc1ncc(C(=O)N[C@H](C)c2n[nH]c(C)n2)cn1. The van der Waals surface area contributed by atoms with Crippen LogP contribution in [0.2, 0.25) is 0 Å². The van der Waals surface area contributed by atoms with Gasteiger partial charge in [0, 0.05) is 12.4 Å². The van der Waals surface area contributed by atoms with Crippen LogP contribution >= 0.6 is 11.8 Å². The zero-order valence-corrected chi connectivity index (χ0v) is 11.7. The fraction of sp³-hybridized carbons (Fsp3) is 0.364. The average Bonchev–Trinajstić information content (AvgIpc) is 2.85. The number of H-pyrrole nitrogens is 1. The third-order valence-corrected chi connectivity index (χ3v) is 3.00. The highest BCUT2D eigenvalue weighted by atomic mass is 32.2. The Bertz CT molecular complexity index is 567. The smallest absolute Gasteiger partial charge is 0.255 e. The molecule has 0 aliphatic heterocycles. The van der Waals surface area contributed by atoms with Gasteiger partial charge in [-0.1, -0.05) is 11.8 Å². The first-order chi connectivity index (χ1) is 9.10. The molecule has 2 N–H and O–H groups in total. The summed E-state index contributed by atoms with van der Waals surface area (Å²) in [6, 6.07) is -0.280. The van der Waals surface area contributed by atoms with E-state index >= 15 is 0 Å². The zero-order valence-electron chi connectivity index (χ0n) is 10.8. The third-order valence-electron chi connectivity index (χ3n) is 2.42. The number of thioether (sulfide) groups is 1. The number of aromatic nitrogens is 5. The van der Waals surface area contributed by atoms with Gasteiger partial charge in [0.1, 0.15) is 5.82 Å². The van der Waals surface area contributed by atoms with Gasteiger partial charge in [-0.15, -0.1) is 0 Å². The van der Waals surface area contributed by atoms with Crippen LogP contribution in [0.5, 0.6) is 0 Å². The molecule has 2 heterocycles. The van der Waals surface area contributed by atoms with Crippen molar-refractivity contribution in [3.05, 3.63) is 29.6 Å². The number of hydrogen-bond acceptors (Lipinski definition) is 6. The van der Waals surface area contributed by atoms with Gasteiger partial charge in [-0.05, 0) is 20.1 Å². The minimum Gasteiger partial charge on any atom is -0.342 e. The van der Waals surface area contributed by atoms with Crippen molar-refractivity contribution in [1.82, 2.24) is 30.5 Å². The highest BCUT2D eigenvalue weighted by molar-refractivity contribution is 7.98. The number of rotatable bonds is 4. The highest BCUT2D eigenvalue weighted by Gasteiger charge is 2.15. The Labute approximate surface area is 114 Å². The number of nitrogens with one attached hydrogen (secondary N) is 2. The van der Waals surface area contributed by atoms with Crippen molar-refractivity contribution in [2.45, 2.75) is 25.0 Å². The number of nitrogens with zero attached hydrogens (tertiary/aromatic N) is 4. The van der Waals surface area contributed by atoms with E-state index in [0.29, 0.717) is 22.4 Å². The maximum atomic E-state index is 12.0. The van der Waals surface area contributed by atoms with E-state index in [0.717, 1.165) is 0 Å². The first kappa shape index (κ1) is 13.5. The first-order valence-corrected chi connectivity index (χ1v) is 6.88. The van der Waals surface area contributed by atoms with Gasteiger partial charge in [0.15, 0.2) is 11.0 Å². The Morgan fingerprint density at radius 3 is 2.63 bits per heavy atom. The summed E-state index contributed by atoms with van der Waals surface area (Å²) in [5, 5.41) is 10.2. The van der Waals surface area contributed by atoms with Crippen LogP contribution < -0.4 is 5.32 Å². The summed E-state index contributed by atoms with van der Waals surface area (Å²) in [4.78, 5) is 24.3. The molecule has 0 spiro atoms. The van der Waals surface area contributed by atoms with Crippen LogP contribution in [0.15, 0.2) is 17.6 Å². The van der Waals surface area contributed by atoms with E-state index in [1.807, 2.05) is 13.2 Å². The van der Waals surface area contributed by atoms with Crippen LogP contribution in [0.4, 0.5) is 0 Å². The molecule has 0 saturated carbocycles. The molecule has 0 aliphatic rings. The Hall–Kier alpha value is -1.96. The Morgan fingerprint density at radius 1 is 1.42 bits per heavy atom. The topological polar surface area (TPSA) is 96.5 Å². The van der Waals surface area contributed by atoms with E-state index < -0.39 is 0 Å². The predicted octanol–water partition coefficient (Wildman–Crippen LogP) is 1.12. The number of aromatic amines is 1. The molecule has 2 aromatic rings. The van der Waals surface area contributed by atoms with Gasteiger partial charge in [0.05, 0.1) is 11.6 Å². The molecule has 0 fully saturated rings. The molecular formula is C11H14N6OS. The van der Waals surface area contributed by atoms with Crippen LogP contribution in [-0.2, 0) is 0 Å². The van der Waals surface area contributed by atoms with Crippen molar-refractivity contribution in [3.63, 3.8) is 0 Å². The molecule has 100 valence electrons. The first-order valence-electron chi connectivity index (χ1n) is 5.66.